The summed E-state index contributed by atoms with van der Waals surface area (Å²) in [5, 5.41) is 5.06. The highest BCUT2D eigenvalue weighted by Crippen LogP contribution is 2.44. The van der Waals surface area contributed by atoms with E-state index in [1.165, 1.54) is 0 Å². The molecule has 2 amide bonds. The lowest BCUT2D eigenvalue weighted by molar-refractivity contribution is -0.124. The molecule has 1 aliphatic heterocycles. The smallest absolute Gasteiger partial charge is 0.254 e. The second-order valence-electron chi connectivity index (χ2n) is 7.55. The molecule has 2 aromatic carbocycles. The van der Waals surface area contributed by atoms with Crippen LogP contribution < -0.4 is 10.1 Å². The standard InChI is InChI=1S/C25H26N2O4S/c1-30-14-13-27-23(21-12-7-15-32-21)22(18-9-4-5-10-19(18)25(27)29)24(28)26-16-17-8-3-6-11-20(17)31-2/h3-12,15,22-23H,13-14,16H2,1-2H3,(H,26,28)/t22-,23-/m0/s1. The number of fused-ring (bicyclic) bond motifs is 1. The first kappa shape index (κ1) is 22.0. The molecule has 2 heterocycles. The molecule has 7 heteroatoms. The van der Waals surface area contributed by atoms with Crippen molar-refractivity contribution in [3.8, 4) is 5.75 Å². The number of nitrogens with one attached hydrogen (secondary N) is 1. The first-order valence-corrected chi connectivity index (χ1v) is 11.4. The topological polar surface area (TPSA) is 67.9 Å². The molecule has 0 saturated carbocycles. The summed E-state index contributed by atoms with van der Waals surface area (Å²) in [5.74, 6) is -0.0147. The van der Waals surface area contributed by atoms with Gasteiger partial charge in [-0.15, -0.1) is 11.3 Å². The first-order valence-electron chi connectivity index (χ1n) is 10.5. The van der Waals surface area contributed by atoms with E-state index in [0.717, 1.165) is 21.8 Å². The Balaban J connectivity index is 1.71. The van der Waals surface area contributed by atoms with E-state index in [-0.39, 0.29) is 11.8 Å². The SMILES string of the molecule is COCCN1C(=O)c2ccccc2[C@H](C(=O)NCc2ccccc2OC)[C@@H]1c1cccs1. The van der Waals surface area contributed by atoms with Gasteiger partial charge in [-0.3, -0.25) is 9.59 Å². The third-order valence-electron chi connectivity index (χ3n) is 5.74. The van der Waals surface area contributed by atoms with Gasteiger partial charge < -0.3 is 19.7 Å². The van der Waals surface area contributed by atoms with Gasteiger partial charge in [0.25, 0.3) is 5.91 Å². The van der Waals surface area contributed by atoms with E-state index in [9.17, 15) is 9.59 Å². The summed E-state index contributed by atoms with van der Waals surface area (Å²) < 4.78 is 10.7. The fourth-order valence-electron chi connectivity index (χ4n) is 4.23. The van der Waals surface area contributed by atoms with Crippen molar-refractivity contribution in [2.75, 3.05) is 27.4 Å². The van der Waals surface area contributed by atoms with Gasteiger partial charge in [0, 0.05) is 36.2 Å². The van der Waals surface area contributed by atoms with Crippen LogP contribution in [0.4, 0.5) is 0 Å². The molecule has 0 spiro atoms. The van der Waals surface area contributed by atoms with E-state index in [2.05, 4.69) is 5.32 Å². The average Bonchev–Trinajstić information content (AvgIpc) is 3.36. The zero-order chi connectivity index (χ0) is 22.5. The summed E-state index contributed by atoms with van der Waals surface area (Å²) in [4.78, 5) is 29.8. The number of hydrogen-bond acceptors (Lipinski definition) is 5. The second-order valence-corrected chi connectivity index (χ2v) is 8.53. The van der Waals surface area contributed by atoms with Crippen LogP contribution in [0.3, 0.4) is 0 Å². The Hall–Kier alpha value is -3.16. The predicted molar refractivity (Wildman–Crippen MR) is 124 cm³/mol. The summed E-state index contributed by atoms with van der Waals surface area (Å²) in [6.07, 6.45) is 0. The zero-order valence-electron chi connectivity index (χ0n) is 18.1. The van der Waals surface area contributed by atoms with Crippen LogP contribution in [0.1, 0.15) is 38.3 Å². The summed E-state index contributed by atoms with van der Waals surface area (Å²) >= 11 is 1.55. The molecule has 32 heavy (non-hydrogen) atoms. The Bertz CT molecular complexity index is 1080. The molecule has 3 aromatic rings. The average molecular weight is 451 g/mol. The highest BCUT2D eigenvalue weighted by molar-refractivity contribution is 7.10. The van der Waals surface area contributed by atoms with Gasteiger partial charge in [0.15, 0.2) is 0 Å². The molecule has 0 fully saturated rings. The number of methoxy groups -OCH3 is 2. The molecule has 1 aromatic heterocycles. The summed E-state index contributed by atoms with van der Waals surface area (Å²) in [5.41, 5.74) is 2.21. The summed E-state index contributed by atoms with van der Waals surface area (Å²) in [7, 11) is 3.23. The minimum atomic E-state index is -0.533. The molecular weight excluding hydrogens is 424 g/mol. The van der Waals surface area contributed by atoms with E-state index < -0.39 is 12.0 Å². The molecule has 4 rings (SSSR count). The molecule has 1 N–H and O–H groups in total. The van der Waals surface area contributed by atoms with Gasteiger partial charge in [-0.05, 0) is 29.1 Å². The molecule has 0 aliphatic carbocycles. The van der Waals surface area contributed by atoms with Crippen LogP contribution in [0, 0.1) is 0 Å². The van der Waals surface area contributed by atoms with Gasteiger partial charge in [0.1, 0.15) is 5.75 Å². The maximum Gasteiger partial charge on any atom is 0.254 e. The van der Waals surface area contributed by atoms with Crippen LogP contribution in [0.15, 0.2) is 66.0 Å². The minimum absolute atomic E-state index is 0.0789. The number of rotatable bonds is 8. The van der Waals surface area contributed by atoms with Crippen LogP contribution in [0.25, 0.3) is 0 Å². The zero-order valence-corrected chi connectivity index (χ0v) is 18.9. The van der Waals surface area contributed by atoms with Crippen molar-refractivity contribution >= 4 is 23.2 Å². The molecule has 0 unspecified atom stereocenters. The van der Waals surface area contributed by atoms with Crippen molar-refractivity contribution in [2.45, 2.75) is 18.5 Å². The van der Waals surface area contributed by atoms with E-state index >= 15 is 0 Å². The van der Waals surface area contributed by atoms with Crippen LogP contribution in [-0.2, 0) is 16.1 Å². The van der Waals surface area contributed by atoms with E-state index in [4.69, 9.17) is 9.47 Å². The minimum Gasteiger partial charge on any atom is -0.496 e. The van der Waals surface area contributed by atoms with Crippen molar-refractivity contribution in [3.05, 3.63) is 87.6 Å². The Kier molecular flexibility index (Phi) is 6.87. The Morgan fingerprint density at radius 1 is 1.06 bits per heavy atom. The highest BCUT2D eigenvalue weighted by Gasteiger charge is 2.44. The Morgan fingerprint density at radius 3 is 2.59 bits per heavy atom. The number of nitrogens with zero attached hydrogens (tertiary/aromatic N) is 1. The second kappa shape index (κ2) is 9.97. The van der Waals surface area contributed by atoms with Crippen molar-refractivity contribution in [1.29, 1.82) is 0 Å². The molecular formula is C25H26N2O4S. The third-order valence-corrected chi connectivity index (χ3v) is 6.68. The largest absolute Gasteiger partial charge is 0.496 e. The number of para-hydroxylation sites is 1. The fourth-order valence-corrected chi connectivity index (χ4v) is 5.10. The summed E-state index contributed by atoms with van der Waals surface area (Å²) in [6, 6.07) is 18.5. The number of benzene rings is 2. The lowest BCUT2D eigenvalue weighted by Crippen LogP contribution is -2.48. The number of ether oxygens (including phenoxy) is 2. The summed E-state index contributed by atoms with van der Waals surface area (Å²) in [6.45, 7) is 1.14. The van der Waals surface area contributed by atoms with Gasteiger partial charge in [0.2, 0.25) is 5.91 Å². The normalized spacial score (nSPS) is 17.7. The molecule has 0 saturated heterocycles. The maximum atomic E-state index is 13.6. The predicted octanol–water partition coefficient (Wildman–Crippen LogP) is 4.00. The van der Waals surface area contributed by atoms with Crippen molar-refractivity contribution in [2.24, 2.45) is 0 Å². The van der Waals surface area contributed by atoms with E-state index in [1.54, 1.807) is 36.5 Å². The van der Waals surface area contributed by atoms with Gasteiger partial charge in [-0.25, -0.2) is 0 Å². The maximum absolute atomic E-state index is 13.6. The number of thiophene rings is 1. The third kappa shape index (κ3) is 4.26. The molecule has 166 valence electrons. The van der Waals surface area contributed by atoms with E-state index in [1.807, 2.05) is 60.0 Å². The van der Waals surface area contributed by atoms with Crippen LogP contribution in [0.2, 0.25) is 0 Å². The lowest BCUT2D eigenvalue weighted by atomic mass is 9.81. The van der Waals surface area contributed by atoms with Gasteiger partial charge in [-0.1, -0.05) is 42.5 Å². The van der Waals surface area contributed by atoms with Crippen LogP contribution in [-0.4, -0.2) is 44.1 Å². The first-order chi connectivity index (χ1) is 15.7. The van der Waals surface area contributed by atoms with Gasteiger partial charge >= 0.3 is 0 Å². The number of carbonyl (C=O) groups is 2. The van der Waals surface area contributed by atoms with E-state index in [0.29, 0.717) is 25.3 Å². The fraction of sp³-hybridized carbons (Fsp3) is 0.280. The quantitative estimate of drug-likeness (QED) is 0.563. The van der Waals surface area contributed by atoms with Crippen molar-refractivity contribution < 1.29 is 19.1 Å². The van der Waals surface area contributed by atoms with Crippen molar-refractivity contribution in [1.82, 2.24) is 10.2 Å². The Morgan fingerprint density at radius 2 is 1.84 bits per heavy atom. The number of carbonyl (C=O) groups excluding carboxylic acids is 2. The monoisotopic (exact) mass is 450 g/mol. The molecule has 0 radical (unpaired) electrons. The van der Waals surface area contributed by atoms with Crippen LogP contribution >= 0.6 is 11.3 Å². The molecule has 2 atom stereocenters. The van der Waals surface area contributed by atoms with Gasteiger partial charge in [-0.2, -0.15) is 0 Å². The highest BCUT2D eigenvalue weighted by atomic mass is 32.1. The molecule has 0 bridgehead atoms. The van der Waals surface area contributed by atoms with Crippen LogP contribution in [0.5, 0.6) is 5.75 Å². The number of hydrogen-bond donors (Lipinski definition) is 1. The van der Waals surface area contributed by atoms with Gasteiger partial charge in [0.05, 0.1) is 25.7 Å². The molecule has 6 nitrogen and oxygen atoms in total. The Labute approximate surface area is 191 Å². The van der Waals surface area contributed by atoms with Crippen molar-refractivity contribution in [3.63, 3.8) is 0 Å². The molecule has 1 aliphatic rings. The lowest BCUT2D eigenvalue weighted by Gasteiger charge is -2.41. The number of amides is 2.